The van der Waals surface area contributed by atoms with E-state index in [1.807, 2.05) is 0 Å². The number of nitrogens with two attached hydrogens (primary N) is 2. The van der Waals surface area contributed by atoms with Crippen LogP contribution in [-0.4, -0.2) is 97.2 Å². The molecule has 2 atom stereocenters. The number of hydrogen-bond acceptors (Lipinski definition) is 15. The smallest absolute Gasteiger partial charge is 0.352 e. The first-order chi connectivity index (χ1) is 23.7. The van der Waals surface area contributed by atoms with Gasteiger partial charge in [0.2, 0.25) is 22.4 Å². The molecular weight excluding hydrogens is 719 g/mol. The minimum atomic E-state index is -1.17. The van der Waals surface area contributed by atoms with Crippen LogP contribution in [0.4, 0.5) is 0 Å². The number of aromatic hydroxyl groups is 3. The molecule has 50 heavy (non-hydrogen) atoms. The summed E-state index contributed by atoms with van der Waals surface area (Å²) in [7, 11) is 0. The summed E-state index contributed by atoms with van der Waals surface area (Å²) < 4.78 is 1.36. The zero-order valence-electron chi connectivity index (χ0n) is 25.2. The Bertz CT molecular complexity index is 2150. The van der Waals surface area contributed by atoms with Gasteiger partial charge < -0.3 is 37.0 Å². The largest absolute Gasteiger partial charge is 0.508 e. The highest BCUT2D eigenvalue weighted by Gasteiger charge is 2.45. The van der Waals surface area contributed by atoms with Crippen LogP contribution in [0.1, 0.15) is 33.1 Å². The first-order valence-corrected chi connectivity index (χ1v) is 16.9. The topological polar surface area (TPSA) is 302 Å². The SMILES string of the molecule is NC(=O)c1c(C(C(N)=O)c2ccc(O)cc2)sc2cc(O)c(O)cc2c1=O.O=C(O)Cn1nnnc1SCC1=C(C(=O)O)N2C(=O)C[C@@H]2SC1. The summed E-state index contributed by atoms with van der Waals surface area (Å²) in [6, 6.07) is 7.72. The van der Waals surface area contributed by atoms with E-state index in [9.17, 15) is 49.2 Å². The fourth-order valence-electron chi connectivity index (χ4n) is 5.05. The molecule has 0 spiro atoms. The molecule has 6 rings (SSSR count). The van der Waals surface area contributed by atoms with E-state index in [0.717, 1.165) is 39.9 Å². The van der Waals surface area contributed by atoms with Gasteiger partial charge in [-0.2, -0.15) is 0 Å². The maximum absolute atomic E-state index is 12.8. The lowest BCUT2D eigenvalue weighted by atomic mass is 9.93. The van der Waals surface area contributed by atoms with Crippen LogP contribution in [0.3, 0.4) is 0 Å². The van der Waals surface area contributed by atoms with Crippen molar-refractivity contribution in [2.75, 3.05) is 11.5 Å². The minimum absolute atomic E-state index is 0.0169. The third-order valence-electron chi connectivity index (χ3n) is 7.33. The third-order valence-corrected chi connectivity index (χ3v) is 10.9. The first-order valence-electron chi connectivity index (χ1n) is 14.1. The number of phenolic OH excluding ortho intramolecular Hbond substituents is 3. The molecule has 9 N–H and O–H groups in total. The zero-order chi connectivity index (χ0) is 36.4. The van der Waals surface area contributed by atoms with Crippen molar-refractivity contribution in [3.05, 3.63) is 73.9 Å². The van der Waals surface area contributed by atoms with Crippen LogP contribution in [0.25, 0.3) is 10.1 Å². The van der Waals surface area contributed by atoms with E-state index in [1.165, 1.54) is 40.9 Å². The summed E-state index contributed by atoms with van der Waals surface area (Å²) in [6.45, 7) is -0.373. The summed E-state index contributed by atoms with van der Waals surface area (Å²) in [5.41, 5.74) is 10.7. The van der Waals surface area contributed by atoms with Gasteiger partial charge in [-0.25, -0.2) is 9.48 Å². The number of thioether (sulfide) groups is 2. The number of carboxylic acids is 2. The highest BCUT2D eigenvalue weighted by atomic mass is 32.2. The summed E-state index contributed by atoms with van der Waals surface area (Å²) >= 11 is 3.54. The Morgan fingerprint density at radius 1 is 1.02 bits per heavy atom. The Balaban J connectivity index is 0.000000197. The number of amides is 3. The molecule has 1 saturated heterocycles. The number of aliphatic carboxylic acids is 2. The molecule has 2 aliphatic heterocycles. The second-order valence-electron chi connectivity index (χ2n) is 10.6. The van der Waals surface area contributed by atoms with Crippen LogP contribution >= 0.6 is 34.9 Å². The number of β-lactam (4-membered cyclic amide) rings is 1. The number of hydrogen-bond donors (Lipinski definition) is 7. The summed E-state index contributed by atoms with van der Waals surface area (Å²) in [4.78, 5) is 72.1. The molecule has 0 saturated carbocycles. The zero-order valence-corrected chi connectivity index (χ0v) is 27.7. The van der Waals surface area contributed by atoms with E-state index >= 15 is 0 Å². The first kappa shape index (κ1) is 35.6. The number of primary amides is 2. The van der Waals surface area contributed by atoms with Crippen molar-refractivity contribution < 1.29 is 49.5 Å². The van der Waals surface area contributed by atoms with Crippen LogP contribution in [0.5, 0.6) is 17.2 Å². The Hall–Kier alpha value is -5.67. The number of carbonyl (C=O) groups is 5. The average Bonchev–Trinajstić information content (AvgIpc) is 3.47. The van der Waals surface area contributed by atoms with Crippen molar-refractivity contribution in [1.82, 2.24) is 25.1 Å². The monoisotopic (exact) mass is 743 g/mol. The molecule has 18 nitrogen and oxygen atoms in total. The molecular formula is C29H25N7O11S3. The second-order valence-corrected chi connectivity index (χ2v) is 13.8. The summed E-state index contributed by atoms with van der Waals surface area (Å²) in [6.07, 6.45) is 0.360. The van der Waals surface area contributed by atoms with Gasteiger partial charge >= 0.3 is 11.9 Å². The Morgan fingerprint density at radius 3 is 2.30 bits per heavy atom. The van der Waals surface area contributed by atoms with E-state index in [1.54, 1.807) is 0 Å². The average molecular weight is 744 g/mol. The van der Waals surface area contributed by atoms with Crippen LogP contribution in [0.2, 0.25) is 0 Å². The van der Waals surface area contributed by atoms with Gasteiger partial charge in [0.05, 0.1) is 17.7 Å². The number of phenols is 3. The van der Waals surface area contributed by atoms with Crippen LogP contribution < -0.4 is 16.9 Å². The molecule has 0 bridgehead atoms. The molecule has 21 heteroatoms. The third kappa shape index (κ3) is 7.18. The van der Waals surface area contributed by atoms with Crippen molar-refractivity contribution in [1.29, 1.82) is 0 Å². The number of nitrogens with zero attached hydrogens (tertiary/aromatic N) is 5. The fraction of sp³-hybridized carbons (Fsp3) is 0.207. The molecule has 2 aromatic carbocycles. The standard InChI is InChI=1S/C18H14N2O6S.C11H11N5O5S2/c19-17(25)13(7-1-3-8(21)4-2-7)16-14(18(20)26)15(24)9-5-10(22)11(23)6-12(9)27-16;17-6-1-7-16(6)9(10(20)21)5(3-22-7)4-23-11-12-13-14-15(11)2-8(18)19/h1-6,13,21-23H,(H2,19,25)(H2,20,26);7H,1-4H2,(H,18,19)(H,20,21)/t;7-/m.0/s1. The quantitative estimate of drug-likeness (QED) is 0.0664. The van der Waals surface area contributed by atoms with E-state index in [4.69, 9.17) is 16.6 Å². The molecule has 260 valence electrons. The highest BCUT2D eigenvalue weighted by Crippen LogP contribution is 2.41. The molecule has 0 radical (unpaired) electrons. The van der Waals surface area contributed by atoms with Gasteiger partial charge in [-0.15, -0.1) is 28.2 Å². The lowest BCUT2D eigenvalue weighted by molar-refractivity contribution is -0.146. The minimum Gasteiger partial charge on any atom is -0.508 e. The summed E-state index contributed by atoms with van der Waals surface area (Å²) in [5, 5.41) is 57.9. The van der Waals surface area contributed by atoms with Crippen molar-refractivity contribution in [3.63, 3.8) is 0 Å². The van der Waals surface area contributed by atoms with Crippen LogP contribution in [0.15, 0.2) is 57.6 Å². The van der Waals surface area contributed by atoms with Gasteiger partial charge in [-0.3, -0.25) is 28.9 Å². The molecule has 3 amide bonds. The fourth-order valence-corrected chi connectivity index (χ4v) is 8.67. The Labute approximate surface area is 292 Å². The molecule has 2 aromatic heterocycles. The molecule has 4 aromatic rings. The van der Waals surface area contributed by atoms with Gasteiger partial charge in [0.1, 0.15) is 23.6 Å². The number of aromatic nitrogens is 4. The molecule has 2 aliphatic rings. The molecule has 1 fully saturated rings. The number of carbonyl (C=O) groups excluding carboxylic acids is 3. The van der Waals surface area contributed by atoms with Gasteiger partial charge in [-0.05, 0) is 39.8 Å². The van der Waals surface area contributed by atoms with Crippen LogP contribution in [0, 0.1) is 0 Å². The second kappa shape index (κ2) is 14.4. The van der Waals surface area contributed by atoms with Crippen molar-refractivity contribution >= 4 is 74.6 Å². The number of fused-ring (bicyclic) bond motifs is 2. The van der Waals surface area contributed by atoms with E-state index < -0.39 is 52.2 Å². The molecule has 0 aliphatic carbocycles. The lowest BCUT2D eigenvalue weighted by Gasteiger charge is -2.43. The lowest BCUT2D eigenvalue weighted by Crippen LogP contribution is -2.54. The van der Waals surface area contributed by atoms with Crippen LogP contribution in [-0.2, 0) is 25.7 Å². The maximum Gasteiger partial charge on any atom is 0.352 e. The van der Waals surface area contributed by atoms with E-state index in [2.05, 4.69) is 15.5 Å². The predicted octanol–water partition coefficient (Wildman–Crippen LogP) is 0.588. The predicted molar refractivity (Wildman–Crippen MR) is 178 cm³/mol. The van der Waals surface area contributed by atoms with E-state index in [-0.39, 0.29) is 55.1 Å². The summed E-state index contributed by atoms with van der Waals surface area (Å²) in [5.74, 6) is -5.72. The maximum atomic E-state index is 12.8. The normalized spacial score (nSPS) is 15.8. The molecule has 4 heterocycles. The Kier molecular flexibility index (Phi) is 10.3. The number of benzene rings is 2. The Morgan fingerprint density at radius 2 is 1.70 bits per heavy atom. The molecule has 1 unspecified atom stereocenters. The van der Waals surface area contributed by atoms with E-state index in [0.29, 0.717) is 23.3 Å². The van der Waals surface area contributed by atoms with Gasteiger partial charge in [0.15, 0.2) is 11.5 Å². The van der Waals surface area contributed by atoms with Gasteiger partial charge in [0, 0.05) is 32.5 Å². The number of tetrazole rings is 1. The number of rotatable bonds is 10. The van der Waals surface area contributed by atoms with Crippen molar-refractivity contribution in [3.8, 4) is 17.2 Å². The van der Waals surface area contributed by atoms with Crippen molar-refractivity contribution in [2.24, 2.45) is 11.5 Å². The number of carboxylic acid groups (broad SMARTS) is 2. The van der Waals surface area contributed by atoms with Gasteiger partial charge in [-0.1, -0.05) is 23.9 Å². The van der Waals surface area contributed by atoms with Crippen molar-refractivity contribution in [2.45, 2.75) is 29.4 Å². The highest BCUT2D eigenvalue weighted by molar-refractivity contribution is 8.00. The van der Waals surface area contributed by atoms with Gasteiger partial charge in [0.25, 0.3) is 5.91 Å².